The highest BCUT2D eigenvalue weighted by Crippen LogP contribution is 2.40. The predicted molar refractivity (Wildman–Crippen MR) is 95.1 cm³/mol. The molecule has 1 N–H and O–H groups in total. The molecule has 1 aliphatic rings. The molecule has 1 aromatic carbocycles. The van der Waals surface area contributed by atoms with Crippen molar-refractivity contribution in [2.24, 2.45) is 0 Å². The van der Waals surface area contributed by atoms with Crippen molar-refractivity contribution in [1.29, 1.82) is 5.26 Å². The molecule has 0 aliphatic carbocycles. The molecule has 0 atom stereocenters. The topological polar surface area (TPSA) is 67.2 Å². The summed E-state index contributed by atoms with van der Waals surface area (Å²) in [6.45, 7) is 2.08. The summed E-state index contributed by atoms with van der Waals surface area (Å²) in [4.78, 5) is 0. The standard InChI is InChI=1S/C17H18ClN3O2S/c1-22-14-5-3-2-4-13(14)17(6-8-23-9-7-17)11-20-16-12(10-19)15(18)21-24-16/h2-5,20H,6-9,11H2,1H3. The Morgan fingerprint density at radius 3 is 2.88 bits per heavy atom. The Labute approximate surface area is 150 Å². The molecular formula is C17H18ClN3O2S. The molecular weight excluding hydrogens is 346 g/mol. The molecule has 0 saturated carbocycles. The van der Waals surface area contributed by atoms with Crippen LogP contribution in [0, 0.1) is 11.3 Å². The molecule has 2 aromatic rings. The van der Waals surface area contributed by atoms with Crippen molar-refractivity contribution in [3.8, 4) is 11.8 Å². The second kappa shape index (κ2) is 7.39. The zero-order chi connectivity index (χ0) is 17.0. The Kier molecular flexibility index (Phi) is 5.24. The Bertz CT molecular complexity index is 751. The highest BCUT2D eigenvalue weighted by molar-refractivity contribution is 7.10. The van der Waals surface area contributed by atoms with Crippen LogP contribution < -0.4 is 10.1 Å². The quantitative estimate of drug-likeness (QED) is 0.874. The van der Waals surface area contributed by atoms with Crippen LogP contribution in [0.15, 0.2) is 24.3 Å². The average molecular weight is 364 g/mol. The van der Waals surface area contributed by atoms with Gasteiger partial charge in [-0.1, -0.05) is 29.8 Å². The highest BCUT2D eigenvalue weighted by atomic mass is 35.5. The molecule has 1 fully saturated rings. The van der Waals surface area contributed by atoms with Gasteiger partial charge in [0.25, 0.3) is 0 Å². The summed E-state index contributed by atoms with van der Waals surface area (Å²) >= 11 is 7.18. The number of hydrogen-bond donors (Lipinski definition) is 1. The van der Waals surface area contributed by atoms with Crippen molar-refractivity contribution in [3.05, 3.63) is 40.5 Å². The van der Waals surface area contributed by atoms with Crippen LogP contribution in [0.4, 0.5) is 5.00 Å². The minimum Gasteiger partial charge on any atom is -0.496 e. The van der Waals surface area contributed by atoms with E-state index < -0.39 is 0 Å². The summed E-state index contributed by atoms with van der Waals surface area (Å²) in [5, 5.41) is 13.6. The fourth-order valence-electron chi connectivity index (χ4n) is 3.12. The van der Waals surface area contributed by atoms with Crippen LogP contribution in [0.1, 0.15) is 24.0 Å². The van der Waals surface area contributed by atoms with Gasteiger partial charge in [0.1, 0.15) is 22.4 Å². The van der Waals surface area contributed by atoms with E-state index >= 15 is 0 Å². The van der Waals surface area contributed by atoms with Gasteiger partial charge in [-0.3, -0.25) is 0 Å². The van der Waals surface area contributed by atoms with Crippen molar-refractivity contribution in [2.45, 2.75) is 18.3 Å². The fourth-order valence-corrected chi connectivity index (χ4v) is 4.05. The molecule has 0 unspecified atom stereocenters. The summed E-state index contributed by atoms with van der Waals surface area (Å²) in [6, 6.07) is 10.2. The Morgan fingerprint density at radius 1 is 1.42 bits per heavy atom. The normalized spacial score (nSPS) is 16.4. The SMILES string of the molecule is COc1ccccc1C1(CNc2snc(Cl)c2C#N)CCOCC1. The number of methoxy groups -OCH3 is 1. The monoisotopic (exact) mass is 363 g/mol. The summed E-state index contributed by atoms with van der Waals surface area (Å²) < 4.78 is 15.2. The maximum Gasteiger partial charge on any atom is 0.162 e. The van der Waals surface area contributed by atoms with Crippen LogP contribution in [0.5, 0.6) is 5.75 Å². The lowest BCUT2D eigenvalue weighted by Gasteiger charge is -2.38. The maximum atomic E-state index is 9.24. The lowest BCUT2D eigenvalue weighted by atomic mass is 9.73. The van der Waals surface area contributed by atoms with Crippen LogP contribution in [0.3, 0.4) is 0 Å². The number of halogens is 1. The lowest BCUT2D eigenvalue weighted by Crippen LogP contribution is -2.40. The highest BCUT2D eigenvalue weighted by Gasteiger charge is 2.37. The molecule has 0 bridgehead atoms. The van der Waals surface area contributed by atoms with E-state index in [1.54, 1.807) is 7.11 Å². The van der Waals surface area contributed by atoms with E-state index in [4.69, 9.17) is 21.1 Å². The van der Waals surface area contributed by atoms with E-state index in [2.05, 4.69) is 21.8 Å². The van der Waals surface area contributed by atoms with E-state index in [9.17, 15) is 5.26 Å². The number of aromatic nitrogens is 1. The molecule has 0 amide bonds. The number of para-hydroxylation sites is 1. The molecule has 0 spiro atoms. The van der Waals surface area contributed by atoms with Gasteiger partial charge in [0, 0.05) is 30.7 Å². The van der Waals surface area contributed by atoms with Gasteiger partial charge in [0.05, 0.1) is 7.11 Å². The number of nitriles is 1. The molecule has 24 heavy (non-hydrogen) atoms. The van der Waals surface area contributed by atoms with E-state index in [-0.39, 0.29) is 10.6 Å². The number of rotatable bonds is 5. The van der Waals surface area contributed by atoms with Gasteiger partial charge >= 0.3 is 0 Å². The van der Waals surface area contributed by atoms with E-state index in [1.807, 2.05) is 18.2 Å². The third-order valence-electron chi connectivity index (χ3n) is 4.48. The molecule has 3 rings (SSSR count). The zero-order valence-corrected chi connectivity index (χ0v) is 14.9. The summed E-state index contributed by atoms with van der Waals surface area (Å²) in [6.07, 6.45) is 1.77. The number of nitrogens with zero attached hydrogens (tertiary/aromatic N) is 2. The molecule has 2 heterocycles. The second-order valence-electron chi connectivity index (χ2n) is 5.74. The van der Waals surface area contributed by atoms with Crippen molar-refractivity contribution in [2.75, 3.05) is 32.2 Å². The van der Waals surface area contributed by atoms with Crippen molar-refractivity contribution in [1.82, 2.24) is 4.37 Å². The van der Waals surface area contributed by atoms with E-state index in [0.29, 0.717) is 30.3 Å². The fraction of sp³-hybridized carbons (Fsp3) is 0.412. The molecule has 126 valence electrons. The Balaban J connectivity index is 1.91. The molecule has 1 saturated heterocycles. The summed E-state index contributed by atoms with van der Waals surface area (Å²) in [7, 11) is 1.69. The van der Waals surface area contributed by atoms with Crippen LogP contribution in [-0.2, 0) is 10.2 Å². The Hall–Kier alpha value is -1.81. The molecule has 0 radical (unpaired) electrons. The maximum absolute atomic E-state index is 9.24. The minimum atomic E-state index is -0.117. The first-order valence-corrected chi connectivity index (χ1v) is 8.86. The molecule has 1 aromatic heterocycles. The number of benzene rings is 1. The minimum absolute atomic E-state index is 0.117. The van der Waals surface area contributed by atoms with Crippen molar-refractivity contribution in [3.63, 3.8) is 0 Å². The lowest BCUT2D eigenvalue weighted by molar-refractivity contribution is 0.0536. The first kappa shape index (κ1) is 17.0. The van der Waals surface area contributed by atoms with Crippen molar-refractivity contribution < 1.29 is 9.47 Å². The molecule has 1 aliphatic heterocycles. The van der Waals surface area contributed by atoms with Crippen LogP contribution in [0.2, 0.25) is 5.15 Å². The van der Waals surface area contributed by atoms with Gasteiger partial charge in [-0.25, -0.2) is 0 Å². The van der Waals surface area contributed by atoms with Crippen LogP contribution in [0.25, 0.3) is 0 Å². The average Bonchev–Trinajstić information content (AvgIpc) is 3.00. The number of nitrogens with one attached hydrogen (secondary N) is 1. The summed E-state index contributed by atoms with van der Waals surface area (Å²) in [5.41, 5.74) is 1.45. The summed E-state index contributed by atoms with van der Waals surface area (Å²) in [5.74, 6) is 0.879. The number of anilines is 1. The second-order valence-corrected chi connectivity index (χ2v) is 6.87. The zero-order valence-electron chi connectivity index (χ0n) is 13.3. The smallest absolute Gasteiger partial charge is 0.162 e. The molecule has 5 nitrogen and oxygen atoms in total. The van der Waals surface area contributed by atoms with E-state index in [1.165, 1.54) is 11.5 Å². The van der Waals surface area contributed by atoms with Gasteiger partial charge in [0.2, 0.25) is 0 Å². The van der Waals surface area contributed by atoms with Gasteiger partial charge in [-0.05, 0) is 30.4 Å². The van der Waals surface area contributed by atoms with E-state index in [0.717, 1.165) is 24.2 Å². The van der Waals surface area contributed by atoms with Crippen LogP contribution in [-0.4, -0.2) is 31.2 Å². The van der Waals surface area contributed by atoms with Gasteiger partial charge in [0.15, 0.2) is 5.15 Å². The predicted octanol–water partition coefficient (Wildman–Crippen LogP) is 3.84. The third-order valence-corrected chi connectivity index (χ3v) is 5.66. The number of ether oxygens (including phenoxy) is 2. The first-order chi connectivity index (χ1) is 11.7. The Morgan fingerprint density at radius 2 is 2.17 bits per heavy atom. The van der Waals surface area contributed by atoms with Crippen LogP contribution >= 0.6 is 23.1 Å². The third kappa shape index (κ3) is 3.20. The van der Waals surface area contributed by atoms with Gasteiger partial charge in [-0.15, -0.1) is 0 Å². The van der Waals surface area contributed by atoms with Crippen molar-refractivity contribution >= 4 is 28.1 Å². The molecule has 7 heteroatoms. The first-order valence-electron chi connectivity index (χ1n) is 7.70. The van der Waals surface area contributed by atoms with Gasteiger partial charge in [-0.2, -0.15) is 9.64 Å². The largest absolute Gasteiger partial charge is 0.496 e. The number of hydrogen-bond acceptors (Lipinski definition) is 6. The van der Waals surface area contributed by atoms with Gasteiger partial charge < -0.3 is 14.8 Å².